The number of rotatable bonds is 9. The van der Waals surface area contributed by atoms with E-state index in [2.05, 4.69) is 4.90 Å². The molecule has 0 saturated heterocycles. The summed E-state index contributed by atoms with van der Waals surface area (Å²) in [6.45, 7) is 8.80. The Hall–Kier alpha value is -1.40. The lowest BCUT2D eigenvalue weighted by atomic mass is 10.3. The Labute approximate surface area is 114 Å². The van der Waals surface area contributed by atoms with E-state index < -0.39 is 11.9 Å². The van der Waals surface area contributed by atoms with Gasteiger partial charge in [0, 0.05) is 24.7 Å². The largest absolute Gasteiger partial charge is 0.461 e. The Morgan fingerprint density at radius 2 is 1.79 bits per heavy atom. The number of hydrogen-bond acceptors (Lipinski definition) is 6. The third-order valence-electron chi connectivity index (χ3n) is 2.55. The van der Waals surface area contributed by atoms with Crippen LogP contribution in [0.4, 0.5) is 0 Å². The average Bonchev–Trinajstić information content (AvgIpc) is 2.40. The molecule has 0 amide bonds. The zero-order chi connectivity index (χ0) is 14.7. The SMILES string of the molecule is CCN(CC)CCOC(=O)C=C(C)C(=O)OCCN. The molecule has 6 nitrogen and oxygen atoms in total. The van der Waals surface area contributed by atoms with Gasteiger partial charge in [0.05, 0.1) is 0 Å². The van der Waals surface area contributed by atoms with Gasteiger partial charge in [0.2, 0.25) is 0 Å². The number of carbonyl (C=O) groups excluding carboxylic acids is 2. The predicted octanol–water partition coefficient (Wildman–Crippen LogP) is 0.320. The zero-order valence-corrected chi connectivity index (χ0v) is 12.0. The molecular weight excluding hydrogens is 248 g/mol. The molecule has 19 heavy (non-hydrogen) atoms. The van der Waals surface area contributed by atoms with Crippen molar-refractivity contribution in [1.82, 2.24) is 4.90 Å². The van der Waals surface area contributed by atoms with E-state index in [1.807, 2.05) is 13.8 Å². The molecule has 0 radical (unpaired) electrons. The van der Waals surface area contributed by atoms with Crippen LogP contribution in [0.15, 0.2) is 11.6 Å². The van der Waals surface area contributed by atoms with Gasteiger partial charge in [-0.1, -0.05) is 13.8 Å². The number of carbonyl (C=O) groups is 2. The van der Waals surface area contributed by atoms with Gasteiger partial charge in [0.25, 0.3) is 0 Å². The lowest BCUT2D eigenvalue weighted by molar-refractivity contribution is -0.141. The van der Waals surface area contributed by atoms with Gasteiger partial charge in [0.1, 0.15) is 13.2 Å². The minimum absolute atomic E-state index is 0.140. The van der Waals surface area contributed by atoms with Gasteiger partial charge in [-0.3, -0.25) is 0 Å². The van der Waals surface area contributed by atoms with Gasteiger partial charge in [-0.2, -0.15) is 0 Å². The molecule has 0 spiro atoms. The summed E-state index contributed by atoms with van der Waals surface area (Å²) in [5.41, 5.74) is 5.42. The summed E-state index contributed by atoms with van der Waals surface area (Å²) in [5, 5.41) is 0. The molecule has 0 aliphatic heterocycles. The van der Waals surface area contributed by atoms with E-state index in [-0.39, 0.29) is 18.7 Å². The number of nitrogens with two attached hydrogens (primary N) is 1. The molecule has 0 unspecified atom stereocenters. The van der Waals surface area contributed by atoms with E-state index in [4.69, 9.17) is 15.2 Å². The van der Waals surface area contributed by atoms with Crippen LogP contribution in [0, 0.1) is 0 Å². The van der Waals surface area contributed by atoms with Crippen LogP contribution in [0.1, 0.15) is 20.8 Å². The fourth-order valence-corrected chi connectivity index (χ4v) is 1.36. The van der Waals surface area contributed by atoms with Crippen molar-refractivity contribution >= 4 is 11.9 Å². The number of hydrogen-bond donors (Lipinski definition) is 1. The highest BCUT2D eigenvalue weighted by Crippen LogP contribution is 1.98. The van der Waals surface area contributed by atoms with E-state index in [1.165, 1.54) is 6.92 Å². The van der Waals surface area contributed by atoms with Crippen molar-refractivity contribution in [3.8, 4) is 0 Å². The first-order chi connectivity index (χ1) is 9.04. The lowest BCUT2D eigenvalue weighted by Gasteiger charge is -2.17. The first-order valence-electron chi connectivity index (χ1n) is 6.49. The number of likely N-dealkylation sites (N-methyl/N-ethyl adjacent to an activating group) is 1. The molecule has 110 valence electrons. The molecule has 0 aromatic carbocycles. The molecule has 0 atom stereocenters. The van der Waals surface area contributed by atoms with Gasteiger partial charge in [-0.05, 0) is 20.0 Å². The lowest BCUT2D eigenvalue weighted by Crippen LogP contribution is -2.27. The van der Waals surface area contributed by atoms with Crippen molar-refractivity contribution in [1.29, 1.82) is 0 Å². The summed E-state index contributed by atoms with van der Waals surface area (Å²) in [5.74, 6) is -1.08. The maximum absolute atomic E-state index is 11.4. The Bertz CT molecular complexity index is 312. The van der Waals surface area contributed by atoms with Crippen LogP contribution in [-0.4, -0.2) is 56.2 Å². The second kappa shape index (κ2) is 10.5. The molecular formula is C13H24N2O4. The quantitative estimate of drug-likeness (QED) is 0.481. The minimum atomic E-state index is -0.550. The Morgan fingerprint density at radius 3 is 2.32 bits per heavy atom. The fourth-order valence-electron chi connectivity index (χ4n) is 1.36. The van der Waals surface area contributed by atoms with E-state index in [1.54, 1.807) is 0 Å². The minimum Gasteiger partial charge on any atom is -0.461 e. The first-order valence-corrected chi connectivity index (χ1v) is 6.49. The van der Waals surface area contributed by atoms with Gasteiger partial charge in [0.15, 0.2) is 0 Å². The van der Waals surface area contributed by atoms with Crippen LogP contribution in [0.5, 0.6) is 0 Å². The fraction of sp³-hybridized carbons (Fsp3) is 0.692. The molecule has 0 aliphatic rings. The third kappa shape index (κ3) is 8.34. The molecule has 0 saturated carbocycles. The maximum atomic E-state index is 11.4. The molecule has 0 heterocycles. The van der Waals surface area contributed by atoms with Crippen molar-refractivity contribution in [2.75, 3.05) is 39.4 Å². The van der Waals surface area contributed by atoms with Crippen molar-refractivity contribution in [3.05, 3.63) is 11.6 Å². The van der Waals surface area contributed by atoms with Crippen molar-refractivity contribution < 1.29 is 19.1 Å². The second-order valence-corrected chi connectivity index (χ2v) is 3.95. The smallest absolute Gasteiger partial charge is 0.334 e. The van der Waals surface area contributed by atoms with Crippen LogP contribution < -0.4 is 5.73 Å². The average molecular weight is 272 g/mol. The van der Waals surface area contributed by atoms with Crippen LogP contribution in [0.3, 0.4) is 0 Å². The second-order valence-electron chi connectivity index (χ2n) is 3.95. The van der Waals surface area contributed by atoms with Crippen LogP contribution in [0.25, 0.3) is 0 Å². The highest BCUT2D eigenvalue weighted by molar-refractivity contribution is 5.95. The molecule has 0 bridgehead atoms. The Kier molecular flexibility index (Phi) is 9.74. The predicted molar refractivity (Wildman–Crippen MR) is 72.5 cm³/mol. The molecule has 6 heteroatoms. The summed E-state index contributed by atoms with van der Waals surface area (Å²) in [6.07, 6.45) is 1.14. The number of ether oxygens (including phenoxy) is 2. The van der Waals surface area contributed by atoms with E-state index >= 15 is 0 Å². The molecule has 0 aromatic rings. The Morgan fingerprint density at radius 1 is 1.16 bits per heavy atom. The van der Waals surface area contributed by atoms with Gasteiger partial charge < -0.3 is 20.1 Å². The van der Waals surface area contributed by atoms with E-state index in [9.17, 15) is 9.59 Å². The molecule has 0 rings (SSSR count). The van der Waals surface area contributed by atoms with Gasteiger partial charge >= 0.3 is 11.9 Å². The molecule has 2 N–H and O–H groups in total. The topological polar surface area (TPSA) is 81.9 Å². The summed E-state index contributed by atoms with van der Waals surface area (Å²) in [6, 6.07) is 0. The van der Waals surface area contributed by atoms with Crippen molar-refractivity contribution in [2.24, 2.45) is 5.73 Å². The maximum Gasteiger partial charge on any atom is 0.334 e. The van der Waals surface area contributed by atoms with Crippen LogP contribution >= 0.6 is 0 Å². The third-order valence-corrected chi connectivity index (χ3v) is 2.55. The highest BCUT2D eigenvalue weighted by atomic mass is 16.5. The van der Waals surface area contributed by atoms with Gasteiger partial charge in [-0.15, -0.1) is 0 Å². The van der Waals surface area contributed by atoms with Crippen LogP contribution in [-0.2, 0) is 19.1 Å². The van der Waals surface area contributed by atoms with E-state index in [0.717, 1.165) is 19.2 Å². The molecule has 0 aliphatic carbocycles. The summed E-state index contributed by atoms with van der Waals surface area (Å²) in [7, 11) is 0. The standard InChI is InChI=1S/C13H24N2O4/c1-4-15(5-2)7-9-18-12(16)10-11(3)13(17)19-8-6-14/h10H,4-9,14H2,1-3H3. The van der Waals surface area contributed by atoms with Crippen molar-refractivity contribution in [3.63, 3.8) is 0 Å². The highest BCUT2D eigenvalue weighted by Gasteiger charge is 2.09. The summed E-state index contributed by atoms with van der Waals surface area (Å²) in [4.78, 5) is 24.9. The number of nitrogens with zero attached hydrogens (tertiary/aromatic N) is 1. The monoisotopic (exact) mass is 272 g/mol. The normalized spacial score (nSPS) is 11.5. The Balaban J connectivity index is 4.04. The summed E-state index contributed by atoms with van der Waals surface area (Å²) >= 11 is 0. The first kappa shape index (κ1) is 17.6. The zero-order valence-electron chi connectivity index (χ0n) is 12.0. The van der Waals surface area contributed by atoms with Crippen LogP contribution in [0.2, 0.25) is 0 Å². The molecule has 0 aromatic heterocycles. The van der Waals surface area contributed by atoms with E-state index in [0.29, 0.717) is 13.2 Å². The summed E-state index contributed by atoms with van der Waals surface area (Å²) < 4.78 is 9.80. The number of esters is 2. The molecule has 0 fully saturated rings. The van der Waals surface area contributed by atoms with Gasteiger partial charge in [-0.25, -0.2) is 9.59 Å². The van der Waals surface area contributed by atoms with Crippen molar-refractivity contribution in [2.45, 2.75) is 20.8 Å².